The highest BCUT2D eigenvalue weighted by Gasteiger charge is 2.22. The molecule has 2 aromatic rings. The lowest BCUT2D eigenvalue weighted by Gasteiger charge is -2.12. The minimum atomic E-state index is -0.298. The highest BCUT2D eigenvalue weighted by Crippen LogP contribution is 2.25. The minimum Gasteiger partial charge on any atom is -0.303 e. The number of nitrogens with zero attached hydrogens (tertiary/aromatic N) is 5. The van der Waals surface area contributed by atoms with Crippen LogP contribution < -0.4 is 5.32 Å². The van der Waals surface area contributed by atoms with Crippen LogP contribution >= 0.6 is 11.3 Å². The average Bonchev–Trinajstić information content (AvgIpc) is 2.87. The highest BCUT2D eigenvalue weighted by molar-refractivity contribution is 7.13. The molecule has 7 nitrogen and oxygen atoms in total. The number of aromatic nitrogens is 5. The molecule has 0 aliphatic carbocycles. The molecule has 2 rings (SSSR count). The van der Waals surface area contributed by atoms with E-state index in [4.69, 9.17) is 0 Å². The third kappa shape index (κ3) is 2.53. The Bertz CT molecular complexity index is 567. The number of rotatable bonds is 2. The second-order valence-corrected chi connectivity index (χ2v) is 5.84. The number of carbonyl (C=O) groups is 1. The molecule has 0 fully saturated rings. The molecule has 0 spiro atoms. The van der Waals surface area contributed by atoms with Gasteiger partial charge in [-0.2, -0.15) is 0 Å². The van der Waals surface area contributed by atoms with Crippen molar-refractivity contribution in [2.24, 2.45) is 7.05 Å². The standard InChI is InChI=1S/C10H14N6OS/c1-10(2,3)9-14-13-8(18-9)7(17)12-6-5-11-15-16(6)4/h5H,1-4H3,(H,12,17). The van der Waals surface area contributed by atoms with Crippen LogP contribution in [0.15, 0.2) is 6.20 Å². The quantitative estimate of drug-likeness (QED) is 0.883. The Morgan fingerprint density at radius 1 is 1.39 bits per heavy atom. The predicted octanol–water partition coefficient (Wildman–Crippen LogP) is 1.22. The van der Waals surface area contributed by atoms with E-state index in [1.165, 1.54) is 22.2 Å². The molecule has 0 saturated heterocycles. The zero-order valence-corrected chi connectivity index (χ0v) is 11.4. The van der Waals surface area contributed by atoms with E-state index in [2.05, 4.69) is 25.8 Å². The largest absolute Gasteiger partial charge is 0.303 e. The van der Waals surface area contributed by atoms with Crippen LogP contribution in [0.1, 0.15) is 35.6 Å². The van der Waals surface area contributed by atoms with Crippen molar-refractivity contribution in [3.05, 3.63) is 16.2 Å². The maximum absolute atomic E-state index is 11.9. The van der Waals surface area contributed by atoms with Gasteiger partial charge in [-0.3, -0.25) is 4.79 Å². The van der Waals surface area contributed by atoms with Gasteiger partial charge in [-0.25, -0.2) is 4.68 Å². The number of anilines is 1. The van der Waals surface area contributed by atoms with Crippen LogP contribution in [0.3, 0.4) is 0 Å². The van der Waals surface area contributed by atoms with Crippen molar-refractivity contribution in [3.8, 4) is 0 Å². The zero-order chi connectivity index (χ0) is 13.3. The molecule has 2 aromatic heterocycles. The molecule has 0 bridgehead atoms. The van der Waals surface area contributed by atoms with E-state index in [1.807, 2.05) is 20.8 Å². The van der Waals surface area contributed by atoms with E-state index < -0.39 is 0 Å². The average molecular weight is 266 g/mol. The SMILES string of the molecule is Cn1nncc1NC(=O)c1nnc(C(C)(C)C)s1. The van der Waals surface area contributed by atoms with E-state index in [9.17, 15) is 4.79 Å². The normalized spacial score (nSPS) is 11.6. The summed E-state index contributed by atoms with van der Waals surface area (Å²) in [6.07, 6.45) is 1.48. The van der Waals surface area contributed by atoms with Crippen molar-refractivity contribution in [1.29, 1.82) is 0 Å². The third-order valence-electron chi connectivity index (χ3n) is 2.22. The van der Waals surface area contributed by atoms with Crippen molar-refractivity contribution in [2.75, 3.05) is 5.32 Å². The summed E-state index contributed by atoms with van der Waals surface area (Å²) in [6, 6.07) is 0. The van der Waals surface area contributed by atoms with Crippen LogP contribution in [-0.2, 0) is 12.5 Å². The van der Waals surface area contributed by atoms with Crippen LogP contribution in [-0.4, -0.2) is 31.1 Å². The van der Waals surface area contributed by atoms with Crippen LogP contribution in [0.4, 0.5) is 5.82 Å². The Kier molecular flexibility index (Phi) is 3.12. The number of carbonyl (C=O) groups excluding carboxylic acids is 1. The van der Waals surface area contributed by atoms with Gasteiger partial charge < -0.3 is 5.32 Å². The summed E-state index contributed by atoms with van der Waals surface area (Å²) < 4.78 is 1.48. The first-order chi connectivity index (χ1) is 8.38. The van der Waals surface area contributed by atoms with Crippen LogP contribution in [0.5, 0.6) is 0 Å². The summed E-state index contributed by atoms with van der Waals surface area (Å²) in [5, 5.41) is 19.2. The first kappa shape index (κ1) is 12.6. The summed E-state index contributed by atoms with van der Waals surface area (Å²) in [5.74, 6) is 0.223. The topological polar surface area (TPSA) is 85.6 Å². The fraction of sp³-hybridized carbons (Fsp3) is 0.500. The lowest BCUT2D eigenvalue weighted by atomic mass is 9.98. The van der Waals surface area contributed by atoms with Gasteiger partial charge in [-0.1, -0.05) is 37.3 Å². The lowest BCUT2D eigenvalue weighted by Crippen LogP contribution is -2.14. The number of nitrogens with one attached hydrogen (secondary N) is 1. The molecule has 0 aromatic carbocycles. The molecule has 0 radical (unpaired) electrons. The number of aryl methyl sites for hydroxylation is 1. The second-order valence-electron chi connectivity index (χ2n) is 4.86. The van der Waals surface area contributed by atoms with Gasteiger partial charge in [0, 0.05) is 12.5 Å². The molecule has 0 saturated carbocycles. The maximum atomic E-state index is 11.9. The second kappa shape index (κ2) is 4.45. The van der Waals surface area contributed by atoms with Crippen molar-refractivity contribution < 1.29 is 4.79 Å². The molecule has 1 N–H and O–H groups in total. The number of hydrogen-bond donors (Lipinski definition) is 1. The highest BCUT2D eigenvalue weighted by atomic mass is 32.1. The Balaban J connectivity index is 2.15. The summed E-state index contributed by atoms with van der Waals surface area (Å²) >= 11 is 1.29. The molecule has 0 atom stereocenters. The third-order valence-corrected chi connectivity index (χ3v) is 3.56. The molecule has 0 aliphatic rings. The molecule has 0 unspecified atom stereocenters. The number of amides is 1. The Labute approximate surface area is 108 Å². The lowest BCUT2D eigenvalue weighted by molar-refractivity contribution is 0.102. The fourth-order valence-corrected chi connectivity index (χ4v) is 1.99. The molecule has 18 heavy (non-hydrogen) atoms. The van der Waals surface area contributed by atoms with E-state index in [-0.39, 0.29) is 11.3 Å². The summed E-state index contributed by atoms with van der Waals surface area (Å²) in [7, 11) is 1.70. The first-order valence-electron chi connectivity index (χ1n) is 5.38. The summed E-state index contributed by atoms with van der Waals surface area (Å²) in [5.41, 5.74) is -0.107. The van der Waals surface area contributed by atoms with Gasteiger partial charge in [0.15, 0.2) is 5.82 Å². The van der Waals surface area contributed by atoms with Crippen LogP contribution in [0, 0.1) is 0 Å². The molecule has 1 amide bonds. The van der Waals surface area contributed by atoms with Crippen molar-refractivity contribution in [1.82, 2.24) is 25.2 Å². The van der Waals surface area contributed by atoms with Crippen LogP contribution in [0.2, 0.25) is 0 Å². The predicted molar refractivity (Wildman–Crippen MR) is 67.6 cm³/mol. The Hall–Kier alpha value is -1.83. The van der Waals surface area contributed by atoms with Crippen molar-refractivity contribution in [3.63, 3.8) is 0 Å². The smallest absolute Gasteiger partial charge is 0.287 e. The van der Waals surface area contributed by atoms with Gasteiger partial charge in [-0.05, 0) is 0 Å². The van der Waals surface area contributed by atoms with Crippen molar-refractivity contribution in [2.45, 2.75) is 26.2 Å². The van der Waals surface area contributed by atoms with Crippen LogP contribution in [0.25, 0.3) is 0 Å². The van der Waals surface area contributed by atoms with Gasteiger partial charge >= 0.3 is 0 Å². The minimum absolute atomic E-state index is 0.107. The molecular weight excluding hydrogens is 252 g/mol. The summed E-state index contributed by atoms with van der Waals surface area (Å²) in [4.78, 5) is 11.9. The molecule has 2 heterocycles. The van der Waals surface area contributed by atoms with Crippen molar-refractivity contribution >= 4 is 23.1 Å². The van der Waals surface area contributed by atoms with Gasteiger partial charge in [0.2, 0.25) is 5.01 Å². The Morgan fingerprint density at radius 2 is 2.11 bits per heavy atom. The molecule has 0 aliphatic heterocycles. The molecule has 96 valence electrons. The summed E-state index contributed by atoms with van der Waals surface area (Å²) in [6.45, 7) is 6.08. The zero-order valence-electron chi connectivity index (χ0n) is 10.6. The van der Waals surface area contributed by atoms with E-state index in [0.29, 0.717) is 10.8 Å². The number of hydrogen-bond acceptors (Lipinski definition) is 6. The van der Waals surface area contributed by atoms with E-state index in [1.54, 1.807) is 7.05 Å². The molecular formula is C10H14N6OS. The fourth-order valence-electron chi connectivity index (χ4n) is 1.19. The van der Waals surface area contributed by atoms with Gasteiger partial charge in [-0.15, -0.1) is 15.3 Å². The van der Waals surface area contributed by atoms with E-state index in [0.717, 1.165) is 5.01 Å². The Morgan fingerprint density at radius 3 is 2.61 bits per heavy atom. The monoisotopic (exact) mass is 266 g/mol. The molecule has 8 heteroatoms. The van der Waals surface area contributed by atoms with E-state index >= 15 is 0 Å². The maximum Gasteiger partial charge on any atom is 0.287 e. The first-order valence-corrected chi connectivity index (χ1v) is 6.19. The van der Waals surface area contributed by atoms with Gasteiger partial charge in [0.25, 0.3) is 5.91 Å². The van der Waals surface area contributed by atoms with Gasteiger partial charge in [0.05, 0.1) is 6.20 Å². The van der Waals surface area contributed by atoms with Gasteiger partial charge in [0.1, 0.15) is 5.01 Å².